The van der Waals surface area contributed by atoms with Gasteiger partial charge in [-0.25, -0.2) is 4.39 Å². The summed E-state index contributed by atoms with van der Waals surface area (Å²) in [5.41, 5.74) is 7.68. The van der Waals surface area contributed by atoms with Gasteiger partial charge in [0.1, 0.15) is 5.82 Å². The molecule has 0 saturated carbocycles. The third-order valence-corrected chi connectivity index (χ3v) is 4.90. The van der Waals surface area contributed by atoms with E-state index in [1.165, 1.54) is 12.1 Å². The Kier molecular flexibility index (Phi) is 6.06. The molecule has 2 N–H and O–H groups in total. The second-order valence-corrected chi connectivity index (χ2v) is 6.71. The molecule has 2 amide bonds. The van der Waals surface area contributed by atoms with E-state index in [4.69, 9.17) is 5.73 Å². The largest absolute Gasteiger partial charge is 0.399 e. The average molecular weight is 369 g/mol. The molecule has 3 rings (SSSR count). The highest BCUT2D eigenvalue weighted by molar-refractivity contribution is 5.94. The number of amides is 2. The number of para-hydroxylation sites is 1. The van der Waals surface area contributed by atoms with Crippen LogP contribution in [-0.4, -0.2) is 47.8 Å². The minimum absolute atomic E-state index is 0.0541. The van der Waals surface area contributed by atoms with Gasteiger partial charge < -0.3 is 15.5 Å². The molecule has 1 heterocycles. The van der Waals surface area contributed by atoms with Gasteiger partial charge in [0.25, 0.3) is 5.91 Å². The lowest BCUT2D eigenvalue weighted by Crippen LogP contribution is -2.37. The van der Waals surface area contributed by atoms with E-state index in [9.17, 15) is 14.0 Å². The number of carbonyl (C=O) groups excluding carboxylic acids is 2. The van der Waals surface area contributed by atoms with Crippen LogP contribution in [0.3, 0.4) is 0 Å². The first kappa shape index (κ1) is 18.9. The van der Waals surface area contributed by atoms with Crippen LogP contribution in [0.5, 0.6) is 0 Å². The fraction of sp³-hybridized carbons (Fsp3) is 0.333. The normalized spacial score (nSPS) is 14.7. The van der Waals surface area contributed by atoms with Crippen LogP contribution in [0.1, 0.15) is 28.8 Å². The Labute approximate surface area is 158 Å². The van der Waals surface area contributed by atoms with Crippen LogP contribution in [0.25, 0.3) is 0 Å². The Morgan fingerprint density at radius 1 is 0.926 bits per heavy atom. The van der Waals surface area contributed by atoms with E-state index in [1.807, 2.05) is 24.3 Å². The van der Waals surface area contributed by atoms with Gasteiger partial charge in [0.05, 0.1) is 5.56 Å². The fourth-order valence-corrected chi connectivity index (χ4v) is 3.34. The molecule has 0 radical (unpaired) electrons. The van der Waals surface area contributed by atoms with Crippen molar-refractivity contribution in [2.24, 2.45) is 0 Å². The lowest BCUT2D eigenvalue weighted by molar-refractivity contribution is -0.131. The zero-order valence-corrected chi connectivity index (χ0v) is 15.2. The minimum atomic E-state index is -0.514. The van der Waals surface area contributed by atoms with Crippen molar-refractivity contribution in [1.29, 1.82) is 0 Å². The van der Waals surface area contributed by atoms with Crippen molar-refractivity contribution >= 4 is 17.5 Å². The Morgan fingerprint density at radius 3 is 2.37 bits per heavy atom. The summed E-state index contributed by atoms with van der Waals surface area (Å²) < 4.78 is 13.9. The summed E-state index contributed by atoms with van der Waals surface area (Å²) in [5.74, 6) is -0.780. The summed E-state index contributed by atoms with van der Waals surface area (Å²) in [6.45, 7) is 1.99. The minimum Gasteiger partial charge on any atom is -0.399 e. The van der Waals surface area contributed by atoms with Crippen LogP contribution in [-0.2, 0) is 11.2 Å². The first-order valence-electron chi connectivity index (χ1n) is 9.21. The van der Waals surface area contributed by atoms with Crippen molar-refractivity contribution in [3.05, 3.63) is 65.5 Å². The zero-order valence-electron chi connectivity index (χ0n) is 15.2. The number of rotatable bonds is 4. The standard InChI is InChI=1S/C21H24FN3O2/c22-18-8-3-2-7-17(18)21(27)25-13-5-12-24(14-15-25)20(26)11-10-16-6-1-4-9-19(16)23/h1-4,6-9H,5,10-15,23H2. The van der Waals surface area contributed by atoms with E-state index >= 15 is 0 Å². The van der Waals surface area contributed by atoms with E-state index < -0.39 is 5.82 Å². The number of aryl methyl sites for hydroxylation is 1. The lowest BCUT2D eigenvalue weighted by atomic mass is 10.1. The van der Waals surface area contributed by atoms with Crippen molar-refractivity contribution in [2.75, 3.05) is 31.9 Å². The van der Waals surface area contributed by atoms with Crippen molar-refractivity contribution in [3.63, 3.8) is 0 Å². The van der Waals surface area contributed by atoms with Gasteiger partial charge in [-0.3, -0.25) is 9.59 Å². The predicted octanol–water partition coefficient (Wildman–Crippen LogP) is 2.72. The van der Waals surface area contributed by atoms with Gasteiger partial charge in [0, 0.05) is 38.3 Å². The third-order valence-electron chi connectivity index (χ3n) is 4.90. The number of carbonyl (C=O) groups is 2. The number of nitrogens with two attached hydrogens (primary N) is 1. The number of halogens is 1. The summed E-state index contributed by atoms with van der Waals surface area (Å²) in [4.78, 5) is 28.5. The molecule has 0 aliphatic carbocycles. The molecule has 1 aliphatic rings. The van der Waals surface area contributed by atoms with E-state index in [0.29, 0.717) is 51.1 Å². The summed E-state index contributed by atoms with van der Waals surface area (Å²) in [6.07, 6.45) is 1.66. The van der Waals surface area contributed by atoms with E-state index in [0.717, 1.165) is 5.56 Å². The van der Waals surface area contributed by atoms with Gasteiger partial charge in [0.2, 0.25) is 5.91 Å². The first-order chi connectivity index (χ1) is 13.1. The summed E-state index contributed by atoms with van der Waals surface area (Å²) >= 11 is 0. The van der Waals surface area contributed by atoms with Crippen LogP contribution in [0.4, 0.5) is 10.1 Å². The van der Waals surface area contributed by atoms with Gasteiger partial charge in [-0.15, -0.1) is 0 Å². The van der Waals surface area contributed by atoms with Gasteiger partial charge >= 0.3 is 0 Å². The second-order valence-electron chi connectivity index (χ2n) is 6.71. The number of nitrogens with zero attached hydrogens (tertiary/aromatic N) is 2. The molecule has 27 heavy (non-hydrogen) atoms. The average Bonchev–Trinajstić information content (AvgIpc) is 2.93. The molecule has 0 spiro atoms. The summed E-state index contributed by atoms with van der Waals surface area (Å²) in [5, 5.41) is 0. The molecule has 0 aromatic heterocycles. The molecule has 0 atom stereocenters. The maximum Gasteiger partial charge on any atom is 0.256 e. The van der Waals surface area contributed by atoms with Crippen molar-refractivity contribution in [2.45, 2.75) is 19.3 Å². The number of nitrogen functional groups attached to an aromatic ring is 1. The van der Waals surface area contributed by atoms with Crippen molar-refractivity contribution < 1.29 is 14.0 Å². The smallest absolute Gasteiger partial charge is 0.256 e. The van der Waals surface area contributed by atoms with Crippen LogP contribution in [0.2, 0.25) is 0 Å². The molecule has 5 nitrogen and oxygen atoms in total. The highest BCUT2D eigenvalue weighted by atomic mass is 19.1. The topological polar surface area (TPSA) is 66.6 Å². The molecule has 1 saturated heterocycles. The number of benzene rings is 2. The summed E-state index contributed by atoms with van der Waals surface area (Å²) in [7, 11) is 0. The Balaban J connectivity index is 1.56. The molecule has 1 fully saturated rings. The molecule has 0 bridgehead atoms. The SMILES string of the molecule is Nc1ccccc1CCC(=O)N1CCCN(C(=O)c2ccccc2F)CC1. The molecule has 142 valence electrons. The van der Waals surface area contributed by atoms with Crippen LogP contribution < -0.4 is 5.73 Å². The molecular formula is C21H24FN3O2. The molecular weight excluding hydrogens is 345 g/mol. The molecule has 2 aromatic rings. The monoisotopic (exact) mass is 369 g/mol. The van der Waals surface area contributed by atoms with E-state index in [2.05, 4.69) is 0 Å². The Morgan fingerprint density at radius 2 is 1.59 bits per heavy atom. The molecule has 1 aliphatic heterocycles. The molecule has 2 aromatic carbocycles. The zero-order chi connectivity index (χ0) is 19.2. The van der Waals surface area contributed by atoms with Gasteiger partial charge in [-0.05, 0) is 36.6 Å². The maximum absolute atomic E-state index is 13.9. The van der Waals surface area contributed by atoms with Crippen LogP contribution >= 0.6 is 0 Å². The third kappa shape index (κ3) is 4.64. The maximum atomic E-state index is 13.9. The number of hydrogen-bond donors (Lipinski definition) is 1. The second kappa shape index (κ2) is 8.66. The van der Waals surface area contributed by atoms with Gasteiger partial charge in [-0.2, -0.15) is 0 Å². The molecule has 6 heteroatoms. The summed E-state index contributed by atoms with van der Waals surface area (Å²) in [6, 6.07) is 13.5. The van der Waals surface area contributed by atoms with E-state index in [-0.39, 0.29) is 17.4 Å². The Bertz CT molecular complexity index is 825. The number of hydrogen-bond acceptors (Lipinski definition) is 3. The Hall–Kier alpha value is -2.89. The highest BCUT2D eigenvalue weighted by Gasteiger charge is 2.24. The van der Waals surface area contributed by atoms with Crippen LogP contribution in [0, 0.1) is 5.82 Å². The quantitative estimate of drug-likeness (QED) is 0.843. The van der Waals surface area contributed by atoms with Gasteiger partial charge in [-0.1, -0.05) is 30.3 Å². The molecule has 0 unspecified atom stereocenters. The number of anilines is 1. The lowest BCUT2D eigenvalue weighted by Gasteiger charge is -2.22. The van der Waals surface area contributed by atoms with E-state index in [1.54, 1.807) is 21.9 Å². The predicted molar refractivity (Wildman–Crippen MR) is 103 cm³/mol. The first-order valence-corrected chi connectivity index (χ1v) is 9.21. The fourth-order valence-electron chi connectivity index (χ4n) is 3.34. The van der Waals surface area contributed by atoms with Crippen molar-refractivity contribution in [1.82, 2.24) is 9.80 Å². The highest BCUT2D eigenvalue weighted by Crippen LogP contribution is 2.15. The van der Waals surface area contributed by atoms with Crippen LogP contribution in [0.15, 0.2) is 48.5 Å². The van der Waals surface area contributed by atoms with Crippen molar-refractivity contribution in [3.8, 4) is 0 Å². The van der Waals surface area contributed by atoms with Gasteiger partial charge in [0.15, 0.2) is 0 Å².